The van der Waals surface area contributed by atoms with Crippen molar-refractivity contribution in [3.05, 3.63) is 35.4 Å². The molecule has 0 bridgehead atoms. The van der Waals surface area contributed by atoms with Crippen molar-refractivity contribution in [2.24, 2.45) is 0 Å². The van der Waals surface area contributed by atoms with E-state index in [1.165, 1.54) is 11.1 Å². The lowest BCUT2D eigenvalue weighted by atomic mass is 10.1. The Kier molecular flexibility index (Phi) is 3.12. The second-order valence-electron chi connectivity index (χ2n) is 4.44. The van der Waals surface area contributed by atoms with Crippen molar-refractivity contribution >= 4 is 6.08 Å². The van der Waals surface area contributed by atoms with E-state index in [2.05, 4.69) is 35.3 Å². The molecule has 1 aromatic carbocycles. The Morgan fingerprint density at radius 2 is 2.12 bits per heavy atom. The summed E-state index contributed by atoms with van der Waals surface area (Å²) in [5.41, 5.74) is 2.62. The van der Waals surface area contributed by atoms with Gasteiger partial charge in [0.2, 0.25) is 0 Å². The lowest BCUT2D eigenvalue weighted by Gasteiger charge is -2.26. The zero-order valence-electron chi connectivity index (χ0n) is 9.89. The molecule has 3 rings (SSSR count). The number of nitrogens with zero attached hydrogens (tertiary/aromatic N) is 1. The third kappa shape index (κ3) is 2.35. The second-order valence-corrected chi connectivity index (χ2v) is 4.44. The minimum atomic E-state index is 0.660. The van der Waals surface area contributed by atoms with Crippen LogP contribution in [0.3, 0.4) is 0 Å². The molecule has 1 fully saturated rings. The van der Waals surface area contributed by atoms with Gasteiger partial charge in [0.05, 0.1) is 13.2 Å². The van der Waals surface area contributed by atoms with Gasteiger partial charge in [-0.1, -0.05) is 24.3 Å². The molecule has 1 aliphatic carbocycles. The highest BCUT2D eigenvalue weighted by Crippen LogP contribution is 2.28. The minimum Gasteiger partial charge on any atom is -0.478 e. The maximum absolute atomic E-state index is 5.91. The van der Waals surface area contributed by atoms with Crippen LogP contribution < -0.4 is 4.74 Å². The molecule has 3 nitrogen and oxygen atoms in total. The predicted octanol–water partition coefficient (Wildman–Crippen LogP) is 1.92. The van der Waals surface area contributed by atoms with Crippen molar-refractivity contribution < 1.29 is 9.47 Å². The highest BCUT2D eigenvalue weighted by Gasteiger charge is 2.13. The van der Waals surface area contributed by atoms with Gasteiger partial charge < -0.3 is 9.47 Å². The van der Waals surface area contributed by atoms with E-state index >= 15 is 0 Å². The van der Waals surface area contributed by atoms with Crippen LogP contribution in [-0.2, 0) is 11.2 Å². The molecule has 1 saturated heterocycles. The monoisotopic (exact) mass is 231 g/mol. The maximum atomic E-state index is 5.91. The van der Waals surface area contributed by atoms with E-state index in [1.54, 1.807) is 0 Å². The SMILES string of the molecule is C1=Cc2c(cccc2OCN2CCOCC2)C1. The Hall–Kier alpha value is -1.32. The van der Waals surface area contributed by atoms with Crippen LogP contribution in [0.4, 0.5) is 0 Å². The summed E-state index contributed by atoms with van der Waals surface area (Å²) in [5, 5.41) is 0. The van der Waals surface area contributed by atoms with Gasteiger partial charge >= 0.3 is 0 Å². The molecular formula is C14H17NO2. The molecule has 0 aromatic heterocycles. The fraction of sp³-hybridized carbons (Fsp3) is 0.429. The van der Waals surface area contributed by atoms with Crippen molar-refractivity contribution in [1.82, 2.24) is 4.90 Å². The van der Waals surface area contributed by atoms with Crippen LogP contribution in [0.25, 0.3) is 6.08 Å². The summed E-state index contributed by atoms with van der Waals surface area (Å²) in [4.78, 5) is 2.28. The molecule has 0 spiro atoms. The summed E-state index contributed by atoms with van der Waals surface area (Å²) in [6.07, 6.45) is 5.38. The van der Waals surface area contributed by atoms with Crippen LogP contribution in [0.1, 0.15) is 11.1 Å². The quantitative estimate of drug-likeness (QED) is 0.793. The third-order valence-corrected chi connectivity index (χ3v) is 3.29. The van der Waals surface area contributed by atoms with E-state index in [0.29, 0.717) is 6.73 Å². The zero-order valence-corrected chi connectivity index (χ0v) is 9.89. The average Bonchev–Trinajstić information content (AvgIpc) is 2.86. The third-order valence-electron chi connectivity index (χ3n) is 3.29. The number of hydrogen-bond donors (Lipinski definition) is 0. The number of rotatable bonds is 3. The molecule has 1 aromatic rings. The van der Waals surface area contributed by atoms with Crippen LogP contribution in [0.15, 0.2) is 24.3 Å². The van der Waals surface area contributed by atoms with Gasteiger partial charge in [-0.25, -0.2) is 0 Å². The fourth-order valence-electron chi connectivity index (χ4n) is 2.28. The number of morpholine rings is 1. The van der Waals surface area contributed by atoms with Gasteiger partial charge in [0.25, 0.3) is 0 Å². The highest BCUT2D eigenvalue weighted by atomic mass is 16.5. The molecular weight excluding hydrogens is 214 g/mol. The Morgan fingerprint density at radius 3 is 3.00 bits per heavy atom. The van der Waals surface area contributed by atoms with Crippen LogP contribution in [0, 0.1) is 0 Å². The van der Waals surface area contributed by atoms with E-state index in [-0.39, 0.29) is 0 Å². The first-order valence-electron chi connectivity index (χ1n) is 6.15. The Balaban J connectivity index is 1.65. The maximum Gasteiger partial charge on any atom is 0.142 e. The first-order chi connectivity index (χ1) is 8.43. The minimum absolute atomic E-state index is 0.660. The first kappa shape index (κ1) is 10.8. The van der Waals surface area contributed by atoms with Crippen molar-refractivity contribution in [2.45, 2.75) is 6.42 Å². The van der Waals surface area contributed by atoms with Gasteiger partial charge in [0, 0.05) is 18.7 Å². The predicted molar refractivity (Wildman–Crippen MR) is 67.1 cm³/mol. The van der Waals surface area contributed by atoms with E-state index in [4.69, 9.17) is 9.47 Å². The lowest BCUT2D eigenvalue weighted by molar-refractivity contribution is 0.00402. The summed E-state index contributed by atoms with van der Waals surface area (Å²) in [6.45, 7) is 4.22. The molecule has 0 unspecified atom stereocenters. The number of hydrogen-bond acceptors (Lipinski definition) is 3. The van der Waals surface area contributed by atoms with Gasteiger partial charge in [-0.15, -0.1) is 0 Å². The average molecular weight is 231 g/mol. The van der Waals surface area contributed by atoms with Crippen LogP contribution >= 0.6 is 0 Å². The van der Waals surface area contributed by atoms with Crippen LogP contribution in [0.2, 0.25) is 0 Å². The van der Waals surface area contributed by atoms with Crippen molar-refractivity contribution in [3.63, 3.8) is 0 Å². The molecule has 17 heavy (non-hydrogen) atoms. The van der Waals surface area contributed by atoms with Gasteiger partial charge in [-0.3, -0.25) is 4.90 Å². The molecule has 0 atom stereocenters. The smallest absolute Gasteiger partial charge is 0.142 e. The number of fused-ring (bicyclic) bond motifs is 1. The van der Waals surface area contributed by atoms with Gasteiger partial charge in [-0.2, -0.15) is 0 Å². The molecule has 2 aliphatic rings. The number of ether oxygens (including phenoxy) is 2. The standard InChI is InChI=1S/C14H17NO2/c1-3-12-4-2-6-14(13(12)5-1)17-11-15-7-9-16-10-8-15/h1-2,4-6H,3,7-11H2. The Morgan fingerprint density at radius 1 is 1.24 bits per heavy atom. The first-order valence-corrected chi connectivity index (χ1v) is 6.15. The molecule has 0 amide bonds. The van der Waals surface area contributed by atoms with Gasteiger partial charge in [-0.05, 0) is 18.1 Å². The highest BCUT2D eigenvalue weighted by molar-refractivity contribution is 5.65. The normalized spacial score (nSPS) is 19.3. The molecule has 0 N–H and O–H groups in total. The molecule has 0 saturated carbocycles. The lowest BCUT2D eigenvalue weighted by Crippen LogP contribution is -2.38. The summed E-state index contributed by atoms with van der Waals surface area (Å²) in [6, 6.07) is 6.28. The number of benzene rings is 1. The van der Waals surface area contributed by atoms with Gasteiger partial charge in [0.15, 0.2) is 0 Å². The Bertz CT molecular complexity index is 422. The van der Waals surface area contributed by atoms with Crippen LogP contribution in [0.5, 0.6) is 5.75 Å². The molecule has 90 valence electrons. The zero-order chi connectivity index (χ0) is 11.5. The van der Waals surface area contributed by atoms with Crippen molar-refractivity contribution in [1.29, 1.82) is 0 Å². The topological polar surface area (TPSA) is 21.7 Å². The summed E-state index contributed by atoms with van der Waals surface area (Å²) < 4.78 is 11.2. The Labute approximate surface area is 102 Å². The van der Waals surface area contributed by atoms with Crippen molar-refractivity contribution in [3.8, 4) is 5.75 Å². The summed E-state index contributed by atoms with van der Waals surface area (Å²) in [7, 11) is 0. The molecule has 3 heteroatoms. The second kappa shape index (κ2) is 4.90. The fourth-order valence-corrected chi connectivity index (χ4v) is 2.28. The van der Waals surface area contributed by atoms with Crippen LogP contribution in [-0.4, -0.2) is 37.9 Å². The van der Waals surface area contributed by atoms with E-state index in [1.807, 2.05) is 0 Å². The largest absolute Gasteiger partial charge is 0.478 e. The summed E-state index contributed by atoms with van der Waals surface area (Å²) in [5.74, 6) is 1.00. The summed E-state index contributed by atoms with van der Waals surface area (Å²) >= 11 is 0. The van der Waals surface area contributed by atoms with E-state index in [0.717, 1.165) is 38.5 Å². The number of allylic oxidation sites excluding steroid dienone is 1. The molecule has 1 aliphatic heterocycles. The van der Waals surface area contributed by atoms with Crippen molar-refractivity contribution in [2.75, 3.05) is 33.0 Å². The van der Waals surface area contributed by atoms with Gasteiger partial charge in [0.1, 0.15) is 12.5 Å². The van der Waals surface area contributed by atoms with E-state index in [9.17, 15) is 0 Å². The molecule has 1 heterocycles. The molecule has 0 radical (unpaired) electrons. The van der Waals surface area contributed by atoms with E-state index < -0.39 is 0 Å².